The van der Waals surface area contributed by atoms with Crippen LogP contribution in [0, 0.1) is 6.92 Å². The van der Waals surface area contributed by atoms with E-state index in [1.54, 1.807) is 7.11 Å². The van der Waals surface area contributed by atoms with E-state index >= 15 is 0 Å². The second-order valence-electron chi connectivity index (χ2n) is 3.17. The Hall–Kier alpha value is -0.860. The molecule has 0 spiro atoms. The summed E-state index contributed by atoms with van der Waals surface area (Å²) in [6, 6.07) is 8.16. The molecule has 0 heterocycles. The lowest BCUT2D eigenvalue weighted by Gasteiger charge is -2.13. The zero-order chi connectivity index (χ0) is 9.68. The van der Waals surface area contributed by atoms with Crippen molar-refractivity contribution in [3.63, 3.8) is 0 Å². The van der Waals surface area contributed by atoms with Crippen molar-refractivity contribution in [1.82, 2.24) is 0 Å². The largest absolute Gasteiger partial charge is 0.394 e. The number of hydrogen-bond acceptors (Lipinski definition) is 2. The van der Waals surface area contributed by atoms with Gasteiger partial charge in [-0.15, -0.1) is 0 Å². The van der Waals surface area contributed by atoms with E-state index in [2.05, 4.69) is 19.1 Å². The zero-order valence-electron chi connectivity index (χ0n) is 8.16. The average Bonchev–Trinajstić information content (AvgIpc) is 2.17. The first-order valence-electron chi connectivity index (χ1n) is 4.46. The van der Waals surface area contributed by atoms with E-state index in [0.717, 1.165) is 6.42 Å². The number of ether oxygens (including phenoxy) is 1. The molecule has 0 bridgehead atoms. The molecule has 0 fully saturated rings. The van der Waals surface area contributed by atoms with Crippen molar-refractivity contribution < 1.29 is 9.84 Å². The van der Waals surface area contributed by atoms with Gasteiger partial charge in [-0.2, -0.15) is 0 Å². The first kappa shape index (κ1) is 10.2. The second kappa shape index (κ2) is 5.00. The minimum absolute atomic E-state index is 0.0742. The molecule has 1 rings (SSSR count). The molecule has 1 N–H and O–H groups in total. The molecule has 0 saturated carbocycles. The van der Waals surface area contributed by atoms with E-state index < -0.39 is 0 Å². The Morgan fingerprint density at radius 3 is 2.62 bits per heavy atom. The van der Waals surface area contributed by atoms with Gasteiger partial charge in [-0.3, -0.25) is 0 Å². The van der Waals surface area contributed by atoms with Gasteiger partial charge in [0.25, 0.3) is 0 Å². The van der Waals surface area contributed by atoms with Crippen LogP contribution < -0.4 is 0 Å². The molecule has 0 amide bonds. The molecule has 72 valence electrons. The molecule has 0 radical (unpaired) electrons. The summed E-state index contributed by atoms with van der Waals surface area (Å²) in [4.78, 5) is 0. The summed E-state index contributed by atoms with van der Waals surface area (Å²) in [5, 5.41) is 8.95. The monoisotopic (exact) mass is 180 g/mol. The summed E-state index contributed by atoms with van der Waals surface area (Å²) in [7, 11) is 1.62. The summed E-state index contributed by atoms with van der Waals surface area (Å²) in [6.45, 7) is 2.14. The molecule has 1 atom stereocenters. The molecule has 0 aliphatic rings. The smallest absolute Gasteiger partial charge is 0.0842 e. The lowest BCUT2D eigenvalue weighted by Crippen LogP contribution is -2.18. The molecule has 1 unspecified atom stereocenters. The van der Waals surface area contributed by atoms with Crippen LogP contribution in [-0.2, 0) is 11.2 Å². The van der Waals surface area contributed by atoms with E-state index in [-0.39, 0.29) is 12.7 Å². The van der Waals surface area contributed by atoms with E-state index in [4.69, 9.17) is 9.84 Å². The number of aliphatic hydroxyl groups excluding tert-OH is 1. The number of methoxy groups -OCH3 is 1. The van der Waals surface area contributed by atoms with Crippen molar-refractivity contribution in [3.8, 4) is 0 Å². The quantitative estimate of drug-likeness (QED) is 0.761. The molecule has 0 aliphatic carbocycles. The van der Waals surface area contributed by atoms with Gasteiger partial charge >= 0.3 is 0 Å². The predicted octanol–water partition coefficient (Wildman–Crippen LogP) is 1.54. The molecule has 2 nitrogen and oxygen atoms in total. The van der Waals surface area contributed by atoms with Crippen LogP contribution in [0.2, 0.25) is 0 Å². The minimum atomic E-state index is -0.0823. The highest BCUT2D eigenvalue weighted by Crippen LogP contribution is 2.10. The Morgan fingerprint density at radius 2 is 2.08 bits per heavy atom. The number of benzene rings is 1. The predicted molar refractivity (Wildman–Crippen MR) is 52.8 cm³/mol. The van der Waals surface area contributed by atoms with Gasteiger partial charge in [0, 0.05) is 13.5 Å². The first-order chi connectivity index (χ1) is 6.27. The normalized spacial score (nSPS) is 12.8. The second-order valence-corrected chi connectivity index (χ2v) is 3.17. The Bertz CT molecular complexity index is 254. The molecule has 13 heavy (non-hydrogen) atoms. The third-order valence-corrected chi connectivity index (χ3v) is 2.25. The highest BCUT2D eigenvalue weighted by Gasteiger charge is 2.07. The molecule has 0 saturated heterocycles. The van der Waals surface area contributed by atoms with Gasteiger partial charge in [0.15, 0.2) is 0 Å². The van der Waals surface area contributed by atoms with E-state index in [1.807, 2.05) is 12.1 Å². The topological polar surface area (TPSA) is 29.5 Å². The zero-order valence-corrected chi connectivity index (χ0v) is 8.16. The van der Waals surface area contributed by atoms with Crippen molar-refractivity contribution in [3.05, 3.63) is 35.4 Å². The van der Waals surface area contributed by atoms with Gasteiger partial charge in [0.05, 0.1) is 12.7 Å². The maximum Gasteiger partial charge on any atom is 0.0842 e. The summed E-state index contributed by atoms with van der Waals surface area (Å²) in [5.41, 5.74) is 2.49. The van der Waals surface area contributed by atoms with Crippen molar-refractivity contribution in [1.29, 1.82) is 0 Å². The Morgan fingerprint density at radius 1 is 1.38 bits per heavy atom. The van der Waals surface area contributed by atoms with Crippen molar-refractivity contribution in [2.45, 2.75) is 19.4 Å². The first-order valence-corrected chi connectivity index (χ1v) is 4.46. The Balaban J connectivity index is 2.67. The van der Waals surface area contributed by atoms with Gasteiger partial charge in [0.2, 0.25) is 0 Å². The highest BCUT2D eigenvalue weighted by atomic mass is 16.5. The van der Waals surface area contributed by atoms with Crippen LogP contribution >= 0.6 is 0 Å². The average molecular weight is 180 g/mol. The van der Waals surface area contributed by atoms with Gasteiger partial charge in [-0.25, -0.2) is 0 Å². The van der Waals surface area contributed by atoms with Gasteiger partial charge in [-0.05, 0) is 18.1 Å². The Kier molecular flexibility index (Phi) is 3.93. The summed E-state index contributed by atoms with van der Waals surface area (Å²) < 4.78 is 5.11. The molecule has 0 aromatic heterocycles. The fraction of sp³-hybridized carbons (Fsp3) is 0.455. The maximum absolute atomic E-state index is 8.95. The van der Waals surface area contributed by atoms with Gasteiger partial charge in [0.1, 0.15) is 0 Å². The number of hydrogen-bond donors (Lipinski definition) is 1. The number of aliphatic hydroxyl groups is 1. The van der Waals surface area contributed by atoms with E-state index in [1.165, 1.54) is 11.1 Å². The van der Waals surface area contributed by atoms with Crippen molar-refractivity contribution in [2.24, 2.45) is 0 Å². The summed E-state index contributed by atoms with van der Waals surface area (Å²) in [6.07, 6.45) is 0.695. The Labute approximate surface area is 79.2 Å². The van der Waals surface area contributed by atoms with E-state index in [0.29, 0.717) is 0 Å². The van der Waals surface area contributed by atoms with Crippen LogP contribution in [0.1, 0.15) is 11.1 Å². The molecule has 1 aromatic rings. The SMILES string of the molecule is COC(CO)Cc1ccccc1C. The van der Waals surface area contributed by atoms with Gasteiger partial charge in [-0.1, -0.05) is 24.3 Å². The van der Waals surface area contributed by atoms with Crippen LogP contribution in [0.15, 0.2) is 24.3 Å². The molecule has 2 heteroatoms. The van der Waals surface area contributed by atoms with Crippen LogP contribution in [0.5, 0.6) is 0 Å². The fourth-order valence-corrected chi connectivity index (χ4v) is 1.31. The maximum atomic E-state index is 8.95. The van der Waals surface area contributed by atoms with Crippen molar-refractivity contribution in [2.75, 3.05) is 13.7 Å². The third-order valence-electron chi connectivity index (χ3n) is 2.25. The van der Waals surface area contributed by atoms with Gasteiger partial charge < -0.3 is 9.84 Å². The molecular weight excluding hydrogens is 164 g/mol. The van der Waals surface area contributed by atoms with Crippen LogP contribution in [0.3, 0.4) is 0 Å². The lowest BCUT2D eigenvalue weighted by molar-refractivity contribution is 0.0494. The minimum Gasteiger partial charge on any atom is -0.394 e. The summed E-state index contributed by atoms with van der Waals surface area (Å²) in [5.74, 6) is 0. The third kappa shape index (κ3) is 2.83. The van der Waals surface area contributed by atoms with Crippen molar-refractivity contribution >= 4 is 0 Å². The van der Waals surface area contributed by atoms with Crippen LogP contribution in [-0.4, -0.2) is 24.9 Å². The van der Waals surface area contributed by atoms with E-state index in [9.17, 15) is 0 Å². The molecule has 0 aliphatic heterocycles. The number of aryl methyl sites for hydroxylation is 1. The lowest BCUT2D eigenvalue weighted by atomic mass is 10.0. The molecular formula is C11H16O2. The standard InChI is InChI=1S/C11H16O2/c1-9-5-3-4-6-10(9)7-11(8-12)13-2/h3-6,11-12H,7-8H2,1-2H3. The fourth-order valence-electron chi connectivity index (χ4n) is 1.31. The molecule has 1 aromatic carbocycles. The summed E-state index contributed by atoms with van der Waals surface area (Å²) >= 11 is 0. The highest BCUT2D eigenvalue weighted by molar-refractivity contribution is 5.26. The van der Waals surface area contributed by atoms with Crippen LogP contribution in [0.4, 0.5) is 0 Å². The van der Waals surface area contributed by atoms with Crippen LogP contribution in [0.25, 0.3) is 0 Å². The number of rotatable bonds is 4.